The fourth-order valence-electron chi connectivity index (χ4n) is 3.21. The SMILES string of the molecule is Cc1cc(-n2c(C)cc(/C=N\Nc3ccc(C(F)(F)F)cc3[N+](=O)[O-])c2C)ccc1Br. The van der Waals surface area contributed by atoms with Gasteiger partial charge in [-0.3, -0.25) is 15.5 Å². The lowest BCUT2D eigenvalue weighted by Gasteiger charge is -2.11. The first-order chi connectivity index (χ1) is 14.5. The molecule has 162 valence electrons. The highest BCUT2D eigenvalue weighted by molar-refractivity contribution is 9.10. The zero-order valence-electron chi connectivity index (χ0n) is 16.8. The molecule has 0 fully saturated rings. The minimum Gasteiger partial charge on any atom is -0.318 e. The van der Waals surface area contributed by atoms with Gasteiger partial charge in [-0.15, -0.1) is 0 Å². The number of nitrogens with zero attached hydrogens (tertiary/aromatic N) is 3. The maximum Gasteiger partial charge on any atom is 0.416 e. The summed E-state index contributed by atoms with van der Waals surface area (Å²) in [7, 11) is 0. The average molecular weight is 495 g/mol. The summed E-state index contributed by atoms with van der Waals surface area (Å²) in [6, 6.07) is 10.1. The van der Waals surface area contributed by atoms with E-state index in [1.54, 1.807) is 0 Å². The van der Waals surface area contributed by atoms with E-state index in [0.29, 0.717) is 6.07 Å². The molecule has 0 aliphatic heterocycles. The van der Waals surface area contributed by atoms with Gasteiger partial charge in [0.25, 0.3) is 5.69 Å². The lowest BCUT2D eigenvalue weighted by atomic mass is 10.1. The molecule has 31 heavy (non-hydrogen) atoms. The lowest BCUT2D eigenvalue weighted by Crippen LogP contribution is -2.06. The van der Waals surface area contributed by atoms with Crippen LogP contribution < -0.4 is 5.43 Å². The number of nitrogens with one attached hydrogen (secondary N) is 1. The van der Waals surface area contributed by atoms with Crippen LogP contribution in [0.1, 0.15) is 28.1 Å². The molecular weight excluding hydrogens is 477 g/mol. The van der Waals surface area contributed by atoms with Gasteiger partial charge >= 0.3 is 6.18 Å². The number of aromatic nitrogens is 1. The highest BCUT2D eigenvalue weighted by atomic mass is 79.9. The minimum absolute atomic E-state index is 0.133. The second-order valence-corrected chi connectivity index (χ2v) is 7.81. The van der Waals surface area contributed by atoms with Gasteiger partial charge in [-0.1, -0.05) is 15.9 Å². The fraction of sp³-hybridized carbons (Fsp3) is 0.190. The zero-order chi connectivity index (χ0) is 22.9. The fourth-order valence-corrected chi connectivity index (χ4v) is 3.46. The van der Waals surface area contributed by atoms with Crippen LogP contribution in [0.3, 0.4) is 0 Å². The first kappa shape index (κ1) is 22.5. The Morgan fingerprint density at radius 1 is 1.13 bits per heavy atom. The number of benzene rings is 2. The van der Waals surface area contributed by atoms with Gasteiger partial charge < -0.3 is 4.57 Å². The molecule has 0 atom stereocenters. The molecule has 1 N–H and O–H groups in total. The minimum atomic E-state index is -4.67. The predicted octanol–water partition coefficient (Wildman–Crippen LogP) is 6.54. The van der Waals surface area contributed by atoms with Gasteiger partial charge in [0.15, 0.2) is 0 Å². The van der Waals surface area contributed by atoms with E-state index in [0.717, 1.165) is 44.8 Å². The number of nitro benzene ring substituents is 1. The summed E-state index contributed by atoms with van der Waals surface area (Å²) in [6.45, 7) is 5.84. The van der Waals surface area contributed by atoms with E-state index in [4.69, 9.17) is 0 Å². The van der Waals surface area contributed by atoms with Gasteiger partial charge in [-0.2, -0.15) is 18.3 Å². The van der Waals surface area contributed by atoms with Gasteiger partial charge in [-0.05, 0) is 62.7 Å². The molecule has 0 spiro atoms. The summed E-state index contributed by atoms with van der Waals surface area (Å²) in [4.78, 5) is 10.3. The Kier molecular flexibility index (Phi) is 6.21. The molecule has 0 saturated carbocycles. The number of hydrazone groups is 1. The third kappa shape index (κ3) is 4.79. The van der Waals surface area contributed by atoms with Gasteiger partial charge in [0.2, 0.25) is 0 Å². The molecule has 1 heterocycles. The third-order valence-electron chi connectivity index (χ3n) is 4.78. The maximum atomic E-state index is 12.8. The number of alkyl halides is 3. The lowest BCUT2D eigenvalue weighted by molar-refractivity contribution is -0.384. The van der Waals surface area contributed by atoms with Gasteiger partial charge in [0.05, 0.1) is 16.7 Å². The summed E-state index contributed by atoms with van der Waals surface area (Å²) < 4.78 is 41.5. The van der Waals surface area contributed by atoms with Crippen molar-refractivity contribution in [2.45, 2.75) is 26.9 Å². The Morgan fingerprint density at radius 2 is 1.84 bits per heavy atom. The van der Waals surface area contributed by atoms with Crippen LogP contribution in [-0.2, 0) is 6.18 Å². The van der Waals surface area contributed by atoms with Crippen molar-refractivity contribution >= 4 is 33.5 Å². The standard InChI is InChI=1S/C21H18BrF3N4O2/c1-12-8-17(5-6-18(12)22)28-13(2)9-15(14(28)3)11-26-27-19-7-4-16(21(23,24)25)10-20(19)29(30)31/h4-11,27H,1-3H3/b26-11-. The van der Waals surface area contributed by atoms with Gasteiger partial charge in [0.1, 0.15) is 5.69 Å². The summed E-state index contributed by atoms with van der Waals surface area (Å²) in [5.41, 5.74) is 5.22. The van der Waals surface area contributed by atoms with Crippen LogP contribution in [-0.4, -0.2) is 15.7 Å². The van der Waals surface area contributed by atoms with E-state index in [1.165, 1.54) is 6.21 Å². The molecule has 3 rings (SSSR count). The van der Waals surface area contributed by atoms with Crippen LogP contribution >= 0.6 is 15.9 Å². The zero-order valence-corrected chi connectivity index (χ0v) is 18.4. The Labute approximate surface area is 184 Å². The van der Waals surface area contributed by atoms with Crippen LogP contribution in [0.25, 0.3) is 5.69 Å². The molecule has 2 aromatic carbocycles. The van der Waals surface area contributed by atoms with Crippen molar-refractivity contribution in [3.05, 3.63) is 85.1 Å². The van der Waals surface area contributed by atoms with Crippen molar-refractivity contribution in [1.82, 2.24) is 4.57 Å². The quantitative estimate of drug-likeness (QED) is 0.248. The molecule has 0 saturated heterocycles. The second-order valence-electron chi connectivity index (χ2n) is 6.95. The largest absolute Gasteiger partial charge is 0.416 e. The van der Waals surface area contributed by atoms with Crippen LogP contribution in [0.2, 0.25) is 0 Å². The average Bonchev–Trinajstić information content (AvgIpc) is 2.96. The first-order valence-electron chi connectivity index (χ1n) is 9.09. The highest BCUT2D eigenvalue weighted by Gasteiger charge is 2.33. The van der Waals surface area contributed by atoms with Crippen molar-refractivity contribution in [3.8, 4) is 5.69 Å². The van der Waals surface area contributed by atoms with Crippen LogP contribution in [0, 0.1) is 30.9 Å². The number of rotatable bonds is 5. The smallest absolute Gasteiger partial charge is 0.318 e. The predicted molar refractivity (Wildman–Crippen MR) is 117 cm³/mol. The molecule has 10 heteroatoms. The maximum absolute atomic E-state index is 12.8. The number of anilines is 1. The van der Waals surface area contributed by atoms with E-state index in [2.05, 4.69) is 26.5 Å². The second kappa shape index (κ2) is 8.54. The van der Waals surface area contributed by atoms with E-state index < -0.39 is 22.4 Å². The highest BCUT2D eigenvalue weighted by Crippen LogP contribution is 2.35. The molecule has 0 amide bonds. The van der Waals surface area contributed by atoms with Crippen molar-refractivity contribution in [2.75, 3.05) is 5.43 Å². The molecule has 1 aromatic heterocycles. The topological polar surface area (TPSA) is 72.5 Å². The first-order valence-corrected chi connectivity index (χ1v) is 9.88. The van der Waals surface area contributed by atoms with Crippen LogP contribution in [0.5, 0.6) is 0 Å². The van der Waals surface area contributed by atoms with Crippen molar-refractivity contribution in [3.63, 3.8) is 0 Å². The molecule has 0 unspecified atom stereocenters. The van der Waals surface area contributed by atoms with E-state index in [1.807, 2.05) is 49.6 Å². The summed E-state index contributed by atoms with van der Waals surface area (Å²) in [5, 5.41) is 15.2. The Morgan fingerprint density at radius 3 is 2.45 bits per heavy atom. The third-order valence-corrected chi connectivity index (χ3v) is 5.67. The summed E-state index contributed by atoms with van der Waals surface area (Å²) in [6.07, 6.45) is -3.19. The number of aryl methyl sites for hydroxylation is 2. The van der Waals surface area contributed by atoms with Crippen molar-refractivity contribution < 1.29 is 18.1 Å². The van der Waals surface area contributed by atoms with Gasteiger partial charge in [0, 0.05) is 33.2 Å². The summed E-state index contributed by atoms with van der Waals surface area (Å²) >= 11 is 3.48. The van der Waals surface area contributed by atoms with Crippen LogP contribution in [0.15, 0.2) is 52.0 Å². The molecule has 3 aromatic rings. The molecule has 0 radical (unpaired) electrons. The molecule has 0 bridgehead atoms. The van der Waals surface area contributed by atoms with Crippen molar-refractivity contribution in [1.29, 1.82) is 0 Å². The van der Waals surface area contributed by atoms with Gasteiger partial charge in [-0.25, -0.2) is 0 Å². The Hall–Kier alpha value is -3.14. The van der Waals surface area contributed by atoms with E-state index in [9.17, 15) is 23.3 Å². The Bertz CT molecular complexity index is 1190. The molecule has 0 aliphatic rings. The summed E-state index contributed by atoms with van der Waals surface area (Å²) in [5.74, 6) is 0. The number of nitro groups is 1. The number of hydrogen-bond donors (Lipinski definition) is 1. The Balaban J connectivity index is 1.88. The number of halogens is 4. The van der Waals surface area contributed by atoms with E-state index in [-0.39, 0.29) is 5.69 Å². The molecule has 0 aliphatic carbocycles. The normalized spacial score (nSPS) is 11.8. The van der Waals surface area contributed by atoms with E-state index >= 15 is 0 Å². The number of hydrogen-bond acceptors (Lipinski definition) is 4. The van der Waals surface area contributed by atoms with Crippen molar-refractivity contribution in [2.24, 2.45) is 5.10 Å². The van der Waals surface area contributed by atoms with Crippen LogP contribution in [0.4, 0.5) is 24.5 Å². The monoisotopic (exact) mass is 494 g/mol. The molecular formula is C21H18BrF3N4O2. The molecule has 6 nitrogen and oxygen atoms in total.